The van der Waals surface area contributed by atoms with E-state index < -0.39 is 6.04 Å². The Morgan fingerprint density at radius 1 is 0.822 bits per heavy atom. The van der Waals surface area contributed by atoms with Gasteiger partial charge in [-0.25, -0.2) is 9.78 Å². The minimum atomic E-state index is -0.606. The van der Waals surface area contributed by atoms with Crippen molar-refractivity contribution in [2.45, 2.75) is 66.0 Å². The van der Waals surface area contributed by atoms with Crippen molar-refractivity contribution in [2.24, 2.45) is 0 Å². The summed E-state index contributed by atoms with van der Waals surface area (Å²) in [6.07, 6.45) is 0. The first-order chi connectivity index (χ1) is 21.7. The Morgan fingerprint density at radius 3 is 2.11 bits per heavy atom. The van der Waals surface area contributed by atoms with Crippen molar-refractivity contribution < 1.29 is 9.53 Å². The van der Waals surface area contributed by atoms with Gasteiger partial charge in [-0.2, -0.15) is 0 Å². The molecular formula is C38H42N4O3. The lowest BCUT2D eigenvalue weighted by atomic mass is 9.92. The number of benzene rings is 4. The van der Waals surface area contributed by atoms with Crippen LogP contribution in [0.3, 0.4) is 0 Å². The lowest BCUT2D eigenvalue weighted by Crippen LogP contribution is -2.40. The lowest BCUT2D eigenvalue weighted by Gasteiger charge is -2.32. The molecular weight excluding hydrogens is 560 g/mol. The average molecular weight is 603 g/mol. The summed E-state index contributed by atoms with van der Waals surface area (Å²) >= 11 is 0. The topological polar surface area (TPSA) is 76.5 Å². The van der Waals surface area contributed by atoms with Crippen LogP contribution in [0, 0.1) is 0 Å². The van der Waals surface area contributed by atoms with Crippen LogP contribution in [-0.2, 0) is 6.54 Å². The minimum absolute atomic E-state index is 0.210. The monoisotopic (exact) mass is 602 g/mol. The first-order valence-corrected chi connectivity index (χ1v) is 15.7. The van der Waals surface area contributed by atoms with Gasteiger partial charge in [-0.15, -0.1) is 0 Å². The highest BCUT2D eigenvalue weighted by Gasteiger charge is 2.29. The van der Waals surface area contributed by atoms with E-state index in [9.17, 15) is 9.59 Å². The molecule has 1 N–H and O–H groups in total. The van der Waals surface area contributed by atoms with Crippen molar-refractivity contribution in [1.29, 1.82) is 0 Å². The zero-order chi connectivity index (χ0) is 32.1. The number of carbonyl (C=O) groups excluding carboxylic acids is 1. The Balaban J connectivity index is 1.69. The summed E-state index contributed by atoms with van der Waals surface area (Å²) in [5, 5.41) is 3.79. The number of hydrogen-bond acceptors (Lipinski definition) is 4. The molecule has 1 atom stereocenters. The highest BCUT2D eigenvalue weighted by Crippen LogP contribution is 2.34. The van der Waals surface area contributed by atoms with Gasteiger partial charge in [0.25, 0.3) is 5.56 Å². The summed E-state index contributed by atoms with van der Waals surface area (Å²) in [5.41, 5.74) is 4.88. The smallest absolute Gasteiger partial charge is 0.322 e. The second-order valence-corrected chi connectivity index (χ2v) is 11.9. The van der Waals surface area contributed by atoms with Gasteiger partial charge in [0.2, 0.25) is 0 Å². The molecule has 0 saturated carbocycles. The Labute approximate surface area is 265 Å². The number of para-hydroxylation sites is 4. The third-order valence-electron chi connectivity index (χ3n) is 8.11. The van der Waals surface area contributed by atoms with Crippen molar-refractivity contribution in [3.63, 3.8) is 0 Å². The summed E-state index contributed by atoms with van der Waals surface area (Å²) in [7, 11) is 0. The summed E-state index contributed by atoms with van der Waals surface area (Å²) in [6, 6.07) is 30.0. The fourth-order valence-corrected chi connectivity index (χ4v) is 5.76. The van der Waals surface area contributed by atoms with Crippen molar-refractivity contribution in [2.75, 3.05) is 11.9 Å². The van der Waals surface area contributed by atoms with E-state index in [1.54, 1.807) is 15.5 Å². The fourth-order valence-electron chi connectivity index (χ4n) is 5.76. The molecule has 4 aromatic carbocycles. The highest BCUT2D eigenvalue weighted by molar-refractivity contribution is 5.92. The van der Waals surface area contributed by atoms with Gasteiger partial charge in [-0.1, -0.05) is 100 Å². The van der Waals surface area contributed by atoms with Crippen molar-refractivity contribution in [3.05, 3.63) is 130 Å². The van der Waals surface area contributed by atoms with E-state index in [1.807, 2.05) is 86.6 Å². The van der Waals surface area contributed by atoms with Crippen LogP contribution in [0.2, 0.25) is 0 Å². The molecule has 0 aliphatic heterocycles. The van der Waals surface area contributed by atoms with Crippen LogP contribution >= 0.6 is 0 Å². The van der Waals surface area contributed by atoms with Crippen LogP contribution in [0.15, 0.2) is 102 Å². The van der Waals surface area contributed by atoms with Crippen molar-refractivity contribution >= 4 is 22.6 Å². The predicted molar refractivity (Wildman–Crippen MR) is 183 cm³/mol. The van der Waals surface area contributed by atoms with Gasteiger partial charge in [0.15, 0.2) is 0 Å². The number of fused-ring (bicyclic) bond motifs is 1. The number of anilines is 1. The normalized spacial score (nSPS) is 12.0. The van der Waals surface area contributed by atoms with E-state index in [0.29, 0.717) is 41.3 Å². The third kappa shape index (κ3) is 6.63. The molecule has 1 heterocycles. The van der Waals surface area contributed by atoms with Gasteiger partial charge in [-0.3, -0.25) is 9.36 Å². The van der Waals surface area contributed by atoms with Crippen LogP contribution in [0.1, 0.15) is 81.9 Å². The Morgan fingerprint density at radius 2 is 1.44 bits per heavy atom. The first kappa shape index (κ1) is 31.5. The molecule has 2 amide bonds. The maximum Gasteiger partial charge on any atom is 0.322 e. The SMILES string of the molecule is CCOc1ccccc1-n1c(C(C)N(Cc2ccccc2)C(=O)Nc2c(C(C)C)cccc2C(C)C)nc2ccccc2c1=O. The van der Waals surface area contributed by atoms with E-state index >= 15 is 0 Å². The highest BCUT2D eigenvalue weighted by atomic mass is 16.5. The molecule has 0 aliphatic carbocycles. The number of amides is 2. The molecule has 1 aromatic heterocycles. The molecule has 0 radical (unpaired) electrons. The number of rotatable bonds is 10. The van der Waals surface area contributed by atoms with E-state index in [0.717, 1.165) is 22.4 Å². The predicted octanol–water partition coefficient (Wildman–Crippen LogP) is 8.83. The number of aromatic nitrogens is 2. The molecule has 7 nitrogen and oxygen atoms in total. The zero-order valence-corrected chi connectivity index (χ0v) is 27.0. The van der Waals surface area contributed by atoms with Gasteiger partial charge < -0.3 is 15.0 Å². The Hall–Kier alpha value is -4.91. The Kier molecular flexibility index (Phi) is 9.67. The van der Waals surface area contributed by atoms with Crippen LogP contribution in [0.5, 0.6) is 5.75 Å². The number of nitrogens with one attached hydrogen (secondary N) is 1. The van der Waals surface area contributed by atoms with Gasteiger partial charge in [0.1, 0.15) is 11.6 Å². The van der Waals surface area contributed by atoms with Crippen LogP contribution in [-0.4, -0.2) is 27.1 Å². The Bertz CT molecular complexity index is 1820. The number of urea groups is 1. The molecule has 5 rings (SSSR count). The van der Waals surface area contributed by atoms with Gasteiger partial charge in [0, 0.05) is 12.2 Å². The molecule has 7 heteroatoms. The molecule has 0 aliphatic rings. The quantitative estimate of drug-likeness (QED) is 0.173. The standard InChI is InChI=1S/C38H42N4O3/c1-7-45-34-23-14-13-22-33(34)42-36(39-32-21-12-11-18-31(32)37(42)43)27(6)41(24-28-16-9-8-10-17-28)38(44)40-35-29(25(2)3)19-15-20-30(35)26(4)5/h8-23,25-27H,7,24H2,1-6H3,(H,40,44). The molecule has 0 bridgehead atoms. The van der Waals surface area contributed by atoms with Crippen LogP contribution < -0.4 is 15.6 Å². The largest absolute Gasteiger partial charge is 0.492 e. The fraction of sp³-hybridized carbons (Fsp3) is 0.289. The number of nitrogens with zero attached hydrogens (tertiary/aromatic N) is 3. The lowest BCUT2D eigenvalue weighted by molar-refractivity contribution is 0.185. The first-order valence-electron chi connectivity index (χ1n) is 15.7. The zero-order valence-electron chi connectivity index (χ0n) is 27.0. The third-order valence-corrected chi connectivity index (χ3v) is 8.11. The van der Waals surface area contributed by atoms with Crippen molar-refractivity contribution in [3.8, 4) is 11.4 Å². The number of carbonyl (C=O) groups is 1. The van der Waals surface area contributed by atoms with Gasteiger partial charge in [0.05, 0.1) is 29.2 Å². The molecule has 0 fully saturated rings. The molecule has 232 valence electrons. The molecule has 0 spiro atoms. The summed E-state index contributed by atoms with van der Waals surface area (Å²) < 4.78 is 7.57. The second kappa shape index (κ2) is 13.8. The second-order valence-electron chi connectivity index (χ2n) is 11.9. The van der Waals surface area contributed by atoms with Crippen LogP contribution in [0.25, 0.3) is 16.6 Å². The minimum Gasteiger partial charge on any atom is -0.492 e. The van der Waals surface area contributed by atoms with E-state index in [4.69, 9.17) is 9.72 Å². The molecule has 1 unspecified atom stereocenters. The van der Waals surface area contributed by atoms with Gasteiger partial charge >= 0.3 is 6.03 Å². The molecule has 45 heavy (non-hydrogen) atoms. The van der Waals surface area contributed by atoms with Crippen LogP contribution in [0.4, 0.5) is 10.5 Å². The van der Waals surface area contributed by atoms with E-state index in [2.05, 4.69) is 51.2 Å². The number of ether oxygens (including phenoxy) is 1. The van der Waals surface area contributed by atoms with E-state index in [1.165, 1.54) is 0 Å². The number of hydrogen-bond donors (Lipinski definition) is 1. The summed E-state index contributed by atoms with van der Waals surface area (Å²) in [4.78, 5) is 35.6. The average Bonchev–Trinajstić information content (AvgIpc) is 3.04. The summed E-state index contributed by atoms with van der Waals surface area (Å²) in [5.74, 6) is 1.43. The van der Waals surface area contributed by atoms with Crippen molar-refractivity contribution in [1.82, 2.24) is 14.5 Å². The molecule has 5 aromatic rings. The maximum atomic E-state index is 14.5. The molecule has 0 saturated heterocycles. The van der Waals surface area contributed by atoms with E-state index in [-0.39, 0.29) is 23.4 Å². The maximum absolute atomic E-state index is 14.5. The van der Waals surface area contributed by atoms with Gasteiger partial charge in [-0.05, 0) is 66.6 Å². The summed E-state index contributed by atoms with van der Waals surface area (Å²) in [6.45, 7) is 13.1.